The van der Waals surface area contributed by atoms with Crippen molar-refractivity contribution in [2.75, 3.05) is 5.73 Å². The minimum atomic E-state index is -5.42. The second-order valence-corrected chi connectivity index (χ2v) is 5.77. The van der Waals surface area contributed by atoms with E-state index in [1.165, 1.54) is 0 Å². The van der Waals surface area contributed by atoms with Gasteiger partial charge in [0.15, 0.2) is 0 Å². The highest BCUT2D eigenvalue weighted by Gasteiger charge is 2.41. The highest BCUT2D eigenvalue weighted by molar-refractivity contribution is 5.60. The minimum Gasteiger partial charge on any atom is -0.457 e. The van der Waals surface area contributed by atoms with Crippen LogP contribution in [0.4, 0.5) is 58.4 Å². The second kappa shape index (κ2) is 7.16. The lowest BCUT2D eigenvalue weighted by atomic mass is 10.1. The molecule has 2 nitrogen and oxygen atoms in total. The van der Waals surface area contributed by atoms with Crippen LogP contribution in [0.5, 0.6) is 11.5 Å². The fourth-order valence-electron chi connectivity index (χ4n) is 2.28. The molecule has 2 rings (SSSR count). The van der Waals surface area contributed by atoms with Crippen LogP contribution in [-0.4, -0.2) is 0 Å². The predicted molar refractivity (Wildman–Crippen MR) is 77.4 cm³/mol. The van der Waals surface area contributed by atoms with E-state index in [0.717, 1.165) is 0 Å². The molecule has 166 valence electrons. The fourth-order valence-corrected chi connectivity index (χ4v) is 2.28. The number of hydrogen-bond acceptors (Lipinski definition) is 2. The highest BCUT2D eigenvalue weighted by Crippen LogP contribution is 2.45. The summed E-state index contributed by atoms with van der Waals surface area (Å²) in [5.41, 5.74) is -4.67. The van der Waals surface area contributed by atoms with Crippen LogP contribution >= 0.6 is 0 Å². The lowest BCUT2D eigenvalue weighted by Crippen LogP contribution is -2.16. The molecule has 2 N–H and O–H groups in total. The molecule has 2 aromatic rings. The number of nitrogen functional groups attached to an aromatic ring is 1. The summed E-state index contributed by atoms with van der Waals surface area (Å²) in [7, 11) is 0. The second-order valence-electron chi connectivity index (χ2n) is 5.77. The van der Waals surface area contributed by atoms with Crippen LogP contribution in [0.2, 0.25) is 0 Å². The number of nitrogens with two attached hydrogens (primary N) is 1. The summed E-state index contributed by atoms with van der Waals surface area (Å²) in [5.74, 6) is -2.61. The molecular weight excluding hydrogens is 450 g/mol. The maximum Gasteiger partial charge on any atom is 0.418 e. The Morgan fingerprint density at radius 2 is 0.833 bits per heavy atom. The van der Waals surface area contributed by atoms with E-state index in [2.05, 4.69) is 4.74 Å². The molecule has 0 aliphatic carbocycles. The van der Waals surface area contributed by atoms with Crippen LogP contribution < -0.4 is 10.5 Å². The van der Waals surface area contributed by atoms with E-state index in [0.29, 0.717) is 0 Å². The molecule has 2 aromatic carbocycles. The van der Waals surface area contributed by atoms with Crippen LogP contribution in [0, 0.1) is 0 Å². The molecule has 0 amide bonds. The first-order chi connectivity index (χ1) is 13.3. The van der Waals surface area contributed by atoms with Gasteiger partial charge in [-0.3, -0.25) is 0 Å². The third-order valence-electron chi connectivity index (χ3n) is 3.56. The summed E-state index contributed by atoms with van der Waals surface area (Å²) in [6, 6.07) is -0.452. The first-order valence-electron chi connectivity index (χ1n) is 7.35. The van der Waals surface area contributed by atoms with E-state index in [9.17, 15) is 52.7 Å². The van der Waals surface area contributed by atoms with Crippen molar-refractivity contribution in [1.29, 1.82) is 0 Å². The van der Waals surface area contributed by atoms with Gasteiger partial charge in [-0.25, -0.2) is 0 Å². The summed E-state index contributed by atoms with van der Waals surface area (Å²) < 4.78 is 159. The number of ether oxygens (including phenoxy) is 1. The maximum absolute atomic E-state index is 13.0. The van der Waals surface area contributed by atoms with Crippen LogP contribution in [0.25, 0.3) is 0 Å². The third kappa shape index (κ3) is 5.21. The van der Waals surface area contributed by atoms with Gasteiger partial charge in [0, 0.05) is 0 Å². The first kappa shape index (κ1) is 23.5. The average molecular weight is 457 g/mol. The van der Waals surface area contributed by atoms with Crippen molar-refractivity contribution in [3.63, 3.8) is 0 Å². The number of rotatable bonds is 2. The largest absolute Gasteiger partial charge is 0.457 e. The lowest BCUT2D eigenvalue weighted by molar-refractivity contribution is -0.144. The van der Waals surface area contributed by atoms with Gasteiger partial charge in [-0.05, 0) is 30.3 Å². The van der Waals surface area contributed by atoms with Crippen molar-refractivity contribution in [2.45, 2.75) is 24.7 Å². The van der Waals surface area contributed by atoms with Crippen LogP contribution in [0.1, 0.15) is 22.3 Å². The number of alkyl halides is 12. The molecule has 14 heteroatoms. The molecule has 0 aromatic heterocycles. The number of halogens is 12. The standard InChI is InChI=1S/C16H7F12NO/c17-13(18,19)6-1-7(14(20,21)22)3-8(2-6)30-9-4-10(15(23,24)25)12(29)11(5-9)16(26,27)28/h1-5H,29H2. The van der Waals surface area contributed by atoms with Gasteiger partial charge in [0.2, 0.25) is 0 Å². The van der Waals surface area contributed by atoms with Crippen LogP contribution in [0.3, 0.4) is 0 Å². The summed E-state index contributed by atoms with van der Waals surface area (Å²) in [5, 5.41) is 0. The topological polar surface area (TPSA) is 35.2 Å². The fraction of sp³-hybridized carbons (Fsp3) is 0.250. The van der Waals surface area contributed by atoms with Gasteiger partial charge in [0.25, 0.3) is 0 Å². The lowest BCUT2D eigenvalue weighted by Gasteiger charge is -2.19. The van der Waals surface area contributed by atoms with E-state index in [4.69, 9.17) is 5.73 Å². The van der Waals surface area contributed by atoms with Gasteiger partial charge in [-0.15, -0.1) is 0 Å². The maximum atomic E-state index is 13.0. The molecule has 0 unspecified atom stereocenters. The number of anilines is 1. The van der Waals surface area contributed by atoms with Gasteiger partial charge >= 0.3 is 24.7 Å². The summed E-state index contributed by atoms with van der Waals surface area (Å²) in [6.45, 7) is 0. The van der Waals surface area contributed by atoms with Crippen LogP contribution in [-0.2, 0) is 24.7 Å². The minimum absolute atomic E-state index is 0.00782. The molecule has 0 fully saturated rings. The van der Waals surface area contributed by atoms with E-state index in [1.807, 2.05) is 0 Å². The Hall–Kier alpha value is -2.80. The third-order valence-corrected chi connectivity index (χ3v) is 3.56. The molecule has 0 saturated carbocycles. The summed E-state index contributed by atoms with van der Waals surface area (Å²) in [4.78, 5) is 0. The van der Waals surface area contributed by atoms with Crippen molar-refractivity contribution in [1.82, 2.24) is 0 Å². The first-order valence-corrected chi connectivity index (χ1v) is 7.35. The average Bonchev–Trinajstić information content (AvgIpc) is 2.52. The van der Waals surface area contributed by atoms with Crippen molar-refractivity contribution < 1.29 is 57.4 Å². The van der Waals surface area contributed by atoms with Crippen molar-refractivity contribution in [3.8, 4) is 11.5 Å². The van der Waals surface area contributed by atoms with Gasteiger partial charge in [-0.1, -0.05) is 0 Å². The van der Waals surface area contributed by atoms with Crippen LogP contribution in [0.15, 0.2) is 30.3 Å². The van der Waals surface area contributed by atoms with E-state index >= 15 is 0 Å². The molecule has 0 bridgehead atoms. The van der Waals surface area contributed by atoms with Gasteiger partial charge in [0.05, 0.1) is 27.9 Å². The van der Waals surface area contributed by atoms with E-state index in [-0.39, 0.29) is 30.3 Å². The molecular formula is C16H7F12NO. The zero-order chi connectivity index (χ0) is 23.3. The van der Waals surface area contributed by atoms with E-state index in [1.54, 1.807) is 0 Å². The Bertz CT molecular complexity index is 870. The summed E-state index contributed by atoms with van der Waals surface area (Å²) >= 11 is 0. The highest BCUT2D eigenvalue weighted by atomic mass is 19.4. The normalized spacial score (nSPS) is 13.5. The zero-order valence-electron chi connectivity index (χ0n) is 13.9. The number of hydrogen-bond donors (Lipinski definition) is 1. The molecule has 0 saturated heterocycles. The van der Waals surface area contributed by atoms with Crippen molar-refractivity contribution in [2.24, 2.45) is 0 Å². The molecule has 0 aliphatic heterocycles. The predicted octanol–water partition coefficient (Wildman–Crippen LogP) is 7.14. The van der Waals surface area contributed by atoms with Gasteiger partial charge in [0.1, 0.15) is 11.5 Å². The van der Waals surface area contributed by atoms with Gasteiger partial charge in [-0.2, -0.15) is 52.7 Å². The van der Waals surface area contributed by atoms with Crippen molar-refractivity contribution in [3.05, 3.63) is 52.6 Å². The van der Waals surface area contributed by atoms with E-state index < -0.39 is 64.1 Å². The SMILES string of the molecule is Nc1c(C(F)(F)F)cc(Oc2cc(C(F)(F)F)cc(C(F)(F)F)c2)cc1C(F)(F)F. The Morgan fingerprint density at radius 1 is 0.500 bits per heavy atom. The smallest absolute Gasteiger partial charge is 0.418 e. The molecule has 0 heterocycles. The monoisotopic (exact) mass is 457 g/mol. The molecule has 0 spiro atoms. The van der Waals surface area contributed by atoms with Crippen molar-refractivity contribution >= 4 is 5.69 Å². The Morgan fingerprint density at radius 3 is 1.13 bits per heavy atom. The molecule has 0 atom stereocenters. The Kier molecular flexibility index (Phi) is 5.60. The number of benzene rings is 2. The molecule has 0 aliphatic rings. The Balaban J connectivity index is 2.67. The molecule has 0 radical (unpaired) electrons. The quantitative estimate of drug-likeness (QED) is 0.385. The summed E-state index contributed by atoms with van der Waals surface area (Å²) in [6.07, 6.45) is -21.5. The molecule has 30 heavy (non-hydrogen) atoms. The Labute approximate surface area is 158 Å². The zero-order valence-corrected chi connectivity index (χ0v) is 13.9. The van der Waals surface area contributed by atoms with Gasteiger partial charge < -0.3 is 10.5 Å².